The third kappa shape index (κ3) is 5.73. The minimum Gasteiger partial charge on any atom is -0.453 e. The Morgan fingerprint density at radius 2 is 1.74 bits per heavy atom. The third-order valence-electron chi connectivity index (χ3n) is 4.93. The lowest BCUT2D eigenvalue weighted by molar-refractivity contribution is 0.264. The standard InChI is InChI=1S/C19H27BrCl2N2O2Si/c1-13-18(26-16-10-14(21)9-15(22)11-16)17(12-20)24(23-13)7-8-25-27(5,6)19(2,3)4/h9-11H,7-8,12H2,1-6H3. The van der Waals surface area contributed by atoms with Crippen molar-refractivity contribution < 1.29 is 9.16 Å². The van der Waals surface area contributed by atoms with E-state index in [9.17, 15) is 0 Å². The van der Waals surface area contributed by atoms with Crippen molar-refractivity contribution in [3.8, 4) is 11.5 Å². The van der Waals surface area contributed by atoms with Crippen molar-refractivity contribution in [2.75, 3.05) is 6.61 Å². The second-order valence-electron chi connectivity index (χ2n) is 8.03. The van der Waals surface area contributed by atoms with E-state index in [-0.39, 0.29) is 5.04 Å². The van der Waals surface area contributed by atoms with E-state index in [0.29, 0.717) is 34.3 Å². The molecule has 150 valence electrons. The van der Waals surface area contributed by atoms with Gasteiger partial charge in [0.2, 0.25) is 0 Å². The van der Waals surface area contributed by atoms with Crippen LogP contribution in [-0.4, -0.2) is 24.7 Å². The van der Waals surface area contributed by atoms with Crippen molar-refractivity contribution >= 4 is 47.4 Å². The third-order valence-corrected chi connectivity index (χ3v) is 10.4. The summed E-state index contributed by atoms with van der Waals surface area (Å²) in [6.45, 7) is 14.5. The summed E-state index contributed by atoms with van der Waals surface area (Å²) in [6.07, 6.45) is 0. The Kier molecular flexibility index (Phi) is 7.47. The summed E-state index contributed by atoms with van der Waals surface area (Å²) >= 11 is 15.7. The van der Waals surface area contributed by atoms with Gasteiger partial charge in [-0.1, -0.05) is 59.9 Å². The SMILES string of the molecule is Cc1nn(CCO[Si](C)(C)C(C)(C)C)c(CBr)c1Oc1cc(Cl)cc(Cl)c1. The summed E-state index contributed by atoms with van der Waals surface area (Å²) in [6, 6.07) is 5.15. The molecule has 2 rings (SSSR count). The molecule has 0 aliphatic heterocycles. The maximum absolute atomic E-state index is 6.28. The molecule has 0 saturated carbocycles. The highest BCUT2D eigenvalue weighted by Gasteiger charge is 2.37. The lowest BCUT2D eigenvalue weighted by Gasteiger charge is -2.36. The molecule has 0 spiro atoms. The molecule has 2 aromatic rings. The van der Waals surface area contributed by atoms with Crippen molar-refractivity contribution in [3.05, 3.63) is 39.6 Å². The first-order valence-corrected chi connectivity index (χ1v) is 13.6. The monoisotopic (exact) mass is 492 g/mol. The average molecular weight is 494 g/mol. The van der Waals surface area contributed by atoms with Crippen LogP contribution in [0.15, 0.2) is 18.2 Å². The molecular formula is C19H27BrCl2N2O2Si. The van der Waals surface area contributed by atoms with E-state index < -0.39 is 8.32 Å². The number of halogens is 3. The number of rotatable bonds is 7. The van der Waals surface area contributed by atoms with Gasteiger partial charge in [0, 0.05) is 15.4 Å². The Hall–Kier alpha value is -0.533. The van der Waals surface area contributed by atoms with Crippen LogP contribution < -0.4 is 4.74 Å². The molecule has 0 aliphatic rings. The fourth-order valence-corrected chi connectivity index (χ4v) is 4.45. The lowest BCUT2D eigenvalue weighted by atomic mass is 10.2. The number of aromatic nitrogens is 2. The van der Waals surface area contributed by atoms with Gasteiger partial charge in [0.1, 0.15) is 11.4 Å². The number of aryl methyl sites for hydroxylation is 1. The van der Waals surface area contributed by atoms with E-state index >= 15 is 0 Å². The van der Waals surface area contributed by atoms with E-state index in [2.05, 4.69) is 54.9 Å². The normalized spacial score (nSPS) is 12.5. The quantitative estimate of drug-likeness (QED) is 0.302. The lowest BCUT2D eigenvalue weighted by Crippen LogP contribution is -2.41. The number of hydrogen-bond acceptors (Lipinski definition) is 3. The first kappa shape index (κ1) is 22.8. The summed E-state index contributed by atoms with van der Waals surface area (Å²) in [5.41, 5.74) is 1.77. The van der Waals surface area contributed by atoms with Gasteiger partial charge in [-0.2, -0.15) is 5.10 Å². The van der Waals surface area contributed by atoms with Gasteiger partial charge < -0.3 is 9.16 Å². The van der Waals surface area contributed by atoms with E-state index in [4.69, 9.17) is 32.4 Å². The molecular weight excluding hydrogens is 467 g/mol. The summed E-state index contributed by atoms with van der Waals surface area (Å²) in [5, 5.41) is 6.51. The Labute approximate surface area is 181 Å². The van der Waals surface area contributed by atoms with Crippen LogP contribution in [0.1, 0.15) is 32.2 Å². The first-order valence-electron chi connectivity index (χ1n) is 8.85. The Balaban J connectivity index is 2.17. The van der Waals surface area contributed by atoms with Gasteiger partial charge in [0.25, 0.3) is 0 Å². The number of alkyl halides is 1. The van der Waals surface area contributed by atoms with Crippen molar-refractivity contribution in [3.63, 3.8) is 0 Å². The highest BCUT2D eigenvalue weighted by Crippen LogP contribution is 2.37. The fraction of sp³-hybridized carbons (Fsp3) is 0.526. The average Bonchev–Trinajstić information content (AvgIpc) is 2.80. The molecule has 0 atom stereocenters. The molecule has 0 radical (unpaired) electrons. The van der Waals surface area contributed by atoms with Gasteiger partial charge in [0.05, 0.1) is 18.8 Å². The number of ether oxygens (including phenoxy) is 1. The van der Waals surface area contributed by atoms with Crippen LogP contribution in [0.2, 0.25) is 28.2 Å². The van der Waals surface area contributed by atoms with E-state index in [1.807, 2.05) is 11.6 Å². The van der Waals surface area contributed by atoms with Crippen molar-refractivity contribution in [2.24, 2.45) is 0 Å². The molecule has 1 aromatic carbocycles. The minimum atomic E-state index is -1.78. The largest absolute Gasteiger partial charge is 0.453 e. The molecule has 0 bridgehead atoms. The maximum atomic E-state index is 6.28. The highest BCUT2D eigenvalue weighted by atomic mass is 79.9. The summed E-state index contributed by atoms with van der Waals surface area (Å²) < 4.78 is 14.3. The molecule has 0 amide bonds. The van der Waals surface area contributed by atoms with Crippen LogP contribution in [0.25, 0.3) is 0 Å². The van der Waals surface area contributed by atoms with Gasteiger partial charge in [-0.25, -0.2) is 0 Å². The highest BCUT2D eigenvalue weighted by molar-refractivity contribution is 9.08. The van der Waals surface area contributed by atoms with Gasteiger partial charge in [-0.3, -0.25) is 4.68 Å². The van der Waals surface area contributed by atoms with Crippen molar-refractivity contribution in [1.82, 2.24) is 9.78 Å². The van der Waals surface area contributed by atoms with Crippen LogP contribution in [0.4, 0.5) is 0 Å². The molecule has 0 unspecified atom stereocenters. The van der Waals surface area contributed by atoms with E-state index in [1.165, 1.54) is 0 Å². The smallest absolute Gasteiger partial charge is 0.192 e. The van der Waals surface area contributed by atoms with E-state index in [1.54, 1.807) is 18.2 Å². The predicted octanol–water partition coefficient (Wildman–Crippen LogP) is 7.21. The second-order valence-corrected chi connectivity index (χ2v) is 14.3. The summed E-state index contributed by atoms with van der Waals surface area (Å²) in [4.78, 5) is 0. The second kappa shape index (κ2) is 8.87. The Bertz CT molecular complexity index is 783. The van der Waals surface area contributed by atoms with E-state index in [0.717, 1.165) is 17.1 Å². The van der Waals surface area contributed by atoms with Crippen LogP contribution in [0.3, 0.4) is 0 Å². The number of nitrogens with zero attached hydrogens (tertiary/aromatic N) is 2. The fourth-order valence-electron chi connectivity index (χ4n) is 2.37. The Morgan fingerprint density at radius 1 is 1.15 bits per heavy atom. The molecule has 1 aromatic heterocycles. The topological polar surface area (TPSA) is 36.3 Å². The number of hydrogen-bond donors (Lipinski definition) is 0. The zero-order chi connectivity index (χ0) is 20.4. The van der Waals surface area contributed by atoms with Crippen molar-refractivity contribution in [2.45, 2.75) is 57.7 Å². The Morgan fingerprint density at radius 3 is 2.26 bits per heavy atom. The molecule has 1 heterocycles. The first-order chi connectivity index (χ1) is 12.4. The molecule has 0 aliphatic carbocycles. The van der Waals surface area contributed by atoms with Crippen molar-refractivity contribution in [1.29, 1.82) is 0 Å². The van der Waals surface area contributed by atoms with Crippen LogP contribution in [0, 0.1) is 6.92 Å². The van der Waals surface area contributed by atoms with Crippen LogP contribution in [0.5, 0.6) is 11.5 Å². The molecule has 8 heteroatoms. The summed E-state index contributed by atoms with van der Waals surface area (Å²) in [7, 11) is -1.78. The molecule has 4 nitrogen and oxygen atoms in total. The number of benzene rings is 1. The molecule has 27 heavy (non-hydrogen) atoms. The van der Waals surface area contributed by atoms with Gasteiger partial charge in [0.15, 0.2) is 14.1 Å². The predicted molar refractivity (Wildman–Crippen MR) is 119 cm³/mol. The summed E-state index contributed by atoms with van der Waals surface area (Å²) in [5.74, 6) is 1.31. The molecule has 0 saturated heterocycles. The zero-order valence-corrected chi connectivity index (χ0v) is 20.8. The maximum Gasteiger partial charge on any atom is 0.192 e. The van der Waals surface area contributed by atoms with Crippen LogP contribution in [-0.2, 0) is 16.3 Å². The zero-order valence-electron chi connectivity index (χ0n) is 16.7. The molecule has 0 fully saturated rings. The van der Waals surface area contributed by atoms with Gasteiger partial charge in [-0.05, 0) is 43.3 Å². The van der Waals surface area contributed by atoms with Gasteiger partial charge >= 0.3 is 0 Å². The van der Waals surface area contributed by atoms with Gasteiger partial charge in [-0.15, -0.1) is 0 Å². The van der Waals surface area contributed by atoms with Crippen LogP contribution >= 0.6 is 39.1 Å². The minimum absolute atomic E-state index is 0.186. The molecule has 0 N–H and O–H groups in total.